The number of carbonyl (C=O) groups is 1. The van der Waals surface area contributed by atoms with E-state index < -0.39 is 0 Å². The normalized spacial score (nSPS) is 16.3. The molecule has 2 N–H and O–H groups in total. The molecule has 0 unspecified atom stereocenters. The van der Waals surface area contributed by atoms with Crippen LogP contribution in [0.5, 0.6) is 0 Å². The molecule has 0 atom stereocenters. The molecule has 104 valence electrons. The quantitative estimate of drug-likeness (QED) is 0.900. The molecule has 1 saturated heterocycles. The van der Waals surface area contributed by atoms with Crippen molar-refractivity contribution < 1.29 is 9.53 Å². The van der Waals surface area contributed by atoms with E-state index in [0.29, 0.717) is 23.8 Å². The van der Waals surface area contributed by atoms with Crippen molar-refractivity contribution in [3.8, 4) is 0 Å². The largest absolute Gasteiger partial charge is 0.397 e. The number of ether oxygens (including phenoxy) is 1. The fraction of sp³-hybridized carbons (Fsp3) is 0.571. The van der Waals surface area contributed by atoms with Gasteiger partial charge in [-0.05, 0) is 37.3 Å². The molecule has 1 fully saturated rings. The minimum Gasteiger partial charge on any atom is -0.397 e. The first kappa shape index (κ1) is 13.8. The second kappa shape index (κ2) is 6.52. The molecule has 1 amide bonds. The summed E-state index contributed by atoms with van der Waals surface area (Å²) in [5.41, 5.74) is 6.18. The van der Waals surface area contributed by atoms with Gasteiger partial charge in [-0.1, -0.05) is 0 Å². The Kier molecular flexibility index (Phi) is 4.74. The minimum atomic E-state index is 0.101. The van der Waals surface area contributed by atoms with Crippen LogP contribution in [-0.4, -0.2) is 31.2 Å². The van der Waals surface area contributed by atoms with Crippen LogP contribution in [0, 0.1) is 5.92 Å². The average Bonchev–Trinajstić information content (AvgIpc) is 2.46. The van der Waals surface area contributed by atoms with Crippen molar-refractivity contribution in [3.63, 3.8) is 0 Å². The Morgan fingerprint density at radius 1 is 1.47 bits per heavy atom. The molecular formula is C14H21N3O2. The predicted molar refractivity (Wildman–Crippen MR) is 74.8 cm³/mol. The highest BCUT2D eigenvalue weighted by atomic mass is 16.5. The fourth-order valence-electron chi connectivity index (χ4n) is 2.25. The molecule has 2 rings (SSSR count). The van der Waals surface area contributed by atoms with Crippen LogP contribution in [0.3, 0.4) is 0 Å². The number of nitrogens with zero attached hydrogens (tertiary/aromatic N) is 2. The molecule has 1 aromatic rings. The van der Waals surface area contributed by atoms with Gasteiger partial charge in [0.1, 0.15) is 5.82 Å². The molecule has 19 heavy (non-hydrogen) atoms. The summed E-state index contributed by atoms with van der Waals surface area (Å²) in [6, 6.07) is 3.52. The fourth-order valence-corrected chi connectivity index (χ4v) is 2.25. The minimum absolute atomic E-state index is 0.101. The smallest absolute Gasteiger partial charge is 0.227 e. The van der Waals surface area contributed by atoms with E-state index in [2.05, 4.69) is 4.98 Å². The first-order chi connectivity index (χ1) is 9.16. The summed E-state index contributed by atoms with van der Waals surface area (Å²) in [5.74, 6) is 1.36. The van der Waals surface area contributed by atoms with Crippen LogP contribution < -0.4 is 10.6 Å². The van der Waals surface area contributed by atoms with Gasteiger partial charge in [0.25, 0.3) is 0 Å². The molecule has 5 nitrogen and oxygen atoms in total. The van der Waals surface area contributed by atoms with E-state index in [4.69, 9.17) is 10.5 Å². The van der Waals surface area contributed by atoms with Gasteiger partial charge in [0.15, 0.2) is 0 Å². The summed E-state index contributed by atoms with van der Waals surface area (Å²) in [6.07, 6.45) is 5.19. The first-order valence-corrected chi connectivity index (χ1v) is 6.72. The third-order valence-electron chi connectivity index (χ3n) is 3.60. The molecule has 5 heteroatoms. The van der Waals surface area contributed by atoms with Crippen LogP contribution in [0.1, 0.15) is 25.7 Å². The third kappa shape index (κ3) is 3.92. The van der Waals surface area contributed by atoms with Gasteiger partial charge in [0.05, 0.1) is 11.9 Å². The van der Waals surface area contributed by atoms with Crippen molar-refractivity contribution in [1.82, 2.24) is 4.98 Å². The van der Waals surface area contributed by atoms with E-state index in [1.54, 1.807) is 30.3 Å². The lowest BCUT2D eigenvalue weighted by Crippen LogP contribution is -2.28. The molecule has 0 aromatic carbocycles. The van der Waals surface area contributed by atoms with Crippen LogP contribution in [-0.2, 0) is 9.53 Å². The predicted octanol–water partition coefficient (Wildman–Crippen LogP) is 1.83. The van der Waals surface area contributed by atoms with E-state index >= 15 is 0 Å². The lowest BCUT2D eigenvalue weighted by Gasteiger charge is -2.23. The number of hydrogen-bond acceptors (Lipinski definition) is 4. The molecule has 1 aromatic heterocycles. The Labute approximate surface area is 113 Å². The van der Waals surface area contributed by atoms with Gasteiger partial charge in [-0.2, -0.15) is 0 Å². The second-order valence-corrected chi connectivity index (χ2v) is 5.00. The molecule has 0 radical (unpaired) electrons. The average molecular weight is 263 g/mol. The highest BCUT2D eigenvalue weighted by Gasteiger charge is 2.17. The molecule has 1 aliphatic heterocycles. The molecule has 2 heterocycles. The molecule has 0 aliphatic carbocycles. The molecular weight excluding hydrogens is 242 g/mol. The number of rotatable bonds is 4. The monoisotopic (exact) mass is 263 g/mol. The van der Waals surface area contributed by atoms with Crippen LogP contribution in [0.25, 0.3) is 0 Å². The number of hydrogen-bond donors (Lipinski definition) is 1. The Balaban J connectivity index is 1.83. The maximum absolute atomic E-state index is 12.1. The Morgan fingerprint density at radius 2 is 2.21 bits per heavy atom. The van der Waals surface area contributed by atoms with E-state index in [1.807, 2.05) is 0 Å². The molecule has 1 aliphatic rings. The molecule has 0 bridgehead atoms. The van der Waals surface area contributed by atoms with Crippen molar-refractivity contribution in [2.24, 2.45) is 5.92 Å². The zero-order valence-electron chi connectivity index (χ0n) is 11.3. The highest BCUT2D eigenvalue weighted by Crippen LogP contribution is 2.21. The number of nitrogen functional groups attached to an aromatic ring is 1. The lowest BCUT2D eigenvalue weighted by atomic mass is 9.95. The first-order valence-electron chi connectivity index (χ1n) is 6.72. The maximum Gasteiger partial charge on any atom is 0.227 e. The number of pyridine rings is 1. The van der Waals surface area contributed by atoms with Crippen molar-refractivity contribution in [1.29, 1.82) is 0 Å². The Bertz CT molecular complexity index is 413. The van der Waals surface area contributed by atoms with Gasteiger partial charge in [-0.3, -0.25) is 9.69 Å². The van der Waals surface area contributed by atoms with Crippen molar-refractivity contribution in [3.05, 3.63) is 18.3 Å². The van der Waals surface area contributed by atoms with Crippen LogP contribution >= 0.6 is 0 Å². The topological polar surface area (TPSA) is 68.5 Å². The van der Waals surface area contributed by atoms with E-state index in [0.717, 1.165) is 32.5 Å². The highest BCUT2D eigenvalue weighted by molar-refractivity contribution is 5.91. The SMILES string of the molecule is CN(C(=O)CCC1CCOCC1)c1ccc(N)cn1. The summed E-state index contributed by atoms with van der Waals surface area (Å²) in [6.45, 7) is 1.66. The summed E-state index contributed by atoms with van der Waals surface area (Å²) in [5, 5.41) is 0. The van der Waals surface area contributed by atoms with E-state index in [9.17, 15) is 4.79 Å². The number of aromatic nitrogens is 1. The van der Waals surface area contributed by atoms with Gasteiger partial charge in [-0.15, -0.1) is 0 Å². The molecule has 0 saturated carbocycles. The number of carbonyl (C=O) groups excluding carboxylic acids is 1. The van der Waals surface area contributed by atoms with Gasteiger partial charge in [0.2, 0.25) is 5.91 Å². The van der Waals surface area contributed by atoms with Crippen LogP contribution in [0.4, 0.5) is 11.5 Å². The molecule has 0 spiro atoms. The number of nitrogens with two attached hydrogens (primary N) is 1. The third-order valence-corrected chi connectivity index (χ3v) is 3.60. The van der Waals surface area contributed by atoms with Gasteiger partial charge in [-0.25, -0.2) is 4.98 Å². The van der Waals surface area contributed by atoms with Gasteiger partial charge < -0.3 is 10.5 Å². The standard InChI is InChI=1S/C14H21N3O2/c1-17(13-4-3-12(15)10-16-13)14(18)5-2-11-6-8-19-9-7-11/h3-4,10-11H,2,5-9,15H2,1H3. The summed E-state index contributed by atoms with van der Waals surface area (Å²) < 4.78 is 5.32. The summed E-state index contributed by atoms with van der Waals surface area (Å²) in [4.78, 5) is 17.8. The lowest BCUT2D eigenvalue weighted by molar-refractivity contribution is -0.118. The van der Waals surface area contributed by atoms with E-state index in [1.165, 1.54) is 0 Å². The second-order valence-electron chi connectivity index (χ2n) is 5.00. The van der Waals surface area contributed by atoms with Gasteiger partial charge >= 0.3 is 0 Å². The van der Waals surface area contributed by atoms with Gasteiger partial charge in [0, 0.05) is 26.7 Å². The Hall–Kier alpha value is -1.62. The van der Waals surface area contributed by atoms with Crippen LogP contribution in [0.2, 0.25) is 0 Å². The maximum atomic E-state index is 12.1. The van der Waals surface area contributed by atoms with Crippen molar-refractivity contribution >= 4 is 17.4 Å². The number of amides is 1. The zero-order valence-corrected chi connectivity index (χ0v) is 11.3. The summed E-state index contributed by atoms with van der Waals surface area (Å²) in [7, 11) is 1.75. The van der Waals surface area contributed by atoms with E-state index in [-0.39, 0.29) is 5.91 Å². The zero-order chi connectivity index (χ0) is 13.7. The van der Waals surface area contributed by atoms with Crippen molar-refractivity contribution in [2.75, 3.05) is 30.9 Å². The van der Waals surface area contributed by atoms with Crippen molar-refractivity contribution in [2.45, 2.75) is 25.7 Å². The summed E-state index contributed by atoms with van der Waals surface area (Å²) >= 11 is 0. The van der Waals surface area contributed by atoms with Crippen LogP contribution in [0.15, 0.2) is 18.3 Å². The number of anilines is 2. The Morgan fingerprint density at radius 3 is 2.84 bits per heavy atom.